The Labute approximate surface area is 131 Å². The number of aryl methyl sites for hydroxylation is 1. The van der Waals surface area contributed by atoms with Crippen molar-refractivity contribution in [2.24, 2.45) is 0 Å². The van der Waals surface area contributed by atoms with Crippen LogP contribution in [-0.2, 0) is 0 Å². The van der Waals surface area contributed by atoms with E-state index < -0.39 is 6.10 Å². The predicted molar refractivity (Wildman–Crippen MR) is 85.9 cm³/mol. The van der Waals surface area contributed by atoms with Gasteiger partial charge in [0.15, 0.2) is 0 Å². The topological polar surface area (TPSA) is 67.3 Å². The number of hydrogen-bond acceptors (Lipinski definition) is 5. The molecule has 0 aliphatic rings. The van der Waals surface area contributed by atoms with Gasteiger partial charge in [-0.1, -0.05) is 0 Å². The molecule has 0 aliphatic heterocycles. The molecule has 20 heavy (non-hydrogen) atoms. The predicted octanol–water partition coefficient (Wildman–Crippen LogP) is 2.24. The Morgan fingerprint density at radius 1 is 1.30 bits per heavy atom. The minimum absolute atomic E-state index is 0.229. The highest BCUT2D eigenvalue weighted by Crippen LogP contribution is 2.13. The van der Waals surface area contributed by atoms with Crippen molar-refractivity contribution in [3.8, 4) is 5.75 Å². The number of anilines is 1. The Kier molecular flexibility index (Phi) is 5.54. The molecule has 106 valence electrons. The second-order valence-corrected chi connectivity index (χ2v) is 5.59. The Bertz CT molecular complexity index is 548. The first kappa shape index (κ1) is 15.0. The molecule has 0 spiro atoms. The SMILES string of the molecule is Cc1cncc(NCC(O)COc2ccc(I)cc2)n1. The van der Waals surface area contributed by atoms with E-state index in [1.165, 1.54) is 0 Å². The fourth-order valence-electron chi connectivity index (χ4n) is 1.55. The van der Waals surface area contributed by atoms with Crippen LogP contribution in [0.5, 0.6) is 5.75 Å². The van der Waals surface area contributed by atoms with E-state index in [0.29, 0.717) is 12.4 Å². The van der Waals surface area contributed by atoms with Gasteiger partial charge in [-0.2, -0.15) is 0 Å². The lowest BCUT2D eigenvalue weighted by Crippen LogP contribution is -2.26. The summed E-state index contributed by atoms with van der Waals surface area (Å²) in [7, 11) is 0. The zero-order valence-electron chi connectivity index (χ0n) is 11.1. The first-order valence-electron chi connectivity index (χ1n) is 6.22. The van der Waals surface area contributed by atoms with Crippen LogP contribution >= 0.6 is 22.6 Å². The van der Waals surface area contributed by atoms with Crippen molar-refractivity contribution < 1.29 is 9.84 Å². The second kappa shape index (κ2) is 7.39. The van der Waals surface area contributed by atoms with Gasteiger partial charge in [0.25, 0.3) is 0 Å². The van der Waals surface area contributed by atoms with Crippen molar-refractivity contribution in [3.05, 3.63) is 45.9 Å². The zero-order chi connectivity index (χ0) is 14.4. The van der Waals surface area contributed by atoms with Crippen LogP contribution in [-0.4, -0.2) is 34.3 Å². The van der Waals surface area contributed by atoms with Gasteiger partial charge in [0.1, 0.15) is 24.3 Å². The molecular formula is C14H16IN3O2. The quantitative estimate of drug-likeness (QED) is 0.747. The van der Waals surface area contributed by atoms with E-state index in [4.69, 9.17) is 4.74 Å². The van der Waals surface area contributed by atoms with Crippen molar-refractivity contribution >= 4 is 28.4 Å². The number of nitrogens with one attached hydrogen (secondary N) is 1. The van der Waals surface area contributed by atoms with Gasteiger partial charge in [0.2, 0.25) is 0 Å². The molecule has 0 fully saturated rings. The van der Waals surface area contributed by atoms with Gasteiger partial charge in [0.05, 0.1) is 11.9 Å². The molecule has 0 amide bonds. The highest BCUT2D eigenvalue weighted by Gasteiger charge is 2.06. The van der Waals surface area contributed by atoms with Crippen LogP contribution in [0.3, 0.4) is 0 Å². The lowest BCUT2D eigenvalue weighted by molar-refractivity contribution is 0.117. The molecule has 0 saturated heterocycles. The van der Waals surface area contributed by atoms with Gasteiger partial charge in [-0.25, -0.2) is 4.98 Å². The van der Waals surface area contributed by atoms with E-state index in [2.05, 4.69) is 37.9 Å². The van der Waals surface area contributed by atoms with E-state index in [1.54, 1.807) is 12.4 Å². The summed E-state index contributed by atoms with van der Waals surface area (Å²) in [5, 5.41) is 12.9. The summed E-state index contributed by atoms with van der Waals surface area (Å²) >= 11 is 2.23. The molecule has 1 aromatic heterocycles. The fraction of sp³-hybridized carbons (Fsp3) is 0.286. The largest absolute Gasteiger partial charge is 0.491 e. The first-order chi connectivity index (χ1) is 9.63. The zero-order valence-corrected chi connectivity index (χ0v) is 13.2. The average Bonchev–Trinajstić information content (AvgIpc) is 2.45. The molecule has 6 heteroatoms. The summed E-state index contributed by atoms with van der Waals surface area (Å²) in [6.45, 7) is 2.46. The molecule has 1 atom stereocenters. The van der Waals surface area contributed by atoms with Gasteiger partial charge in [0, 0.05) is 16.3 Å². The smallest absolute Gasteiger partial charge is 0.144 e. The normalized spacial score (nSPS) is 11.9. The van der Waals surface area contributed by atoms with Crippen LogP contribution in [0.4, 0.5) is 5.82 Å². The maximum absolute atomic E-state index is 9.86. The highest BCUT2D eigenvalue weighted by molar-refractivity contribution is 14.1. The number of nitrogens with zero attached hydrogens (tertiary/aromatic N) is 2. The molecule has 2 aromatic rings. The Morgan fingerprint density at radius 2 is 2.05 bits per heavy atom. The molecular weight excluding hydrogens is 369 g/mol. The van der Waals surface area contributed by atoms with Gasteiger partial charge in [-0.15, -0.1) is 0 Å². The summed E-state index contributed by atoms with van der Waals surface area (Å²) in [4.78, 5) is 8.27. The van der Waals surface area contributed by atoms with E-state index >= 15 is 0 Å². The summed E-state index contributed by atoms with van der Waals surface area (Å²) in [5.41, 5.74) is 0.833. The van der Waals surface area contributed by atoms with Crippen LogP contribution in [0.2, 0.25) is 0 Å². The molecule has 2 rings (SSSR count). The molecule has 2 N–H and O–H groups in total. The van der Waals surface area contributed by atoms with Crippen LogP contribution in [0.1, 0.15) is 5.69 Å². The molecule has 1 aromatic carbocycles. The maximum Gasteiger partial charge on any atom is 0.144 e. The minimum Gasteiger partial charge on any atom is -0.491 e. The average molecular weight is 385 g/mol. The van der Waals surface area contributed by atoms with Crippen LogP contribution in [0.15, 0.2) is 36.7 Å². The molecule has 0 radical (unpaired) electrons. The summed E-state index contributed by atoms with van der Waals surface area (Å²) < 4.78 is 6.65. The lowest BCUT2D eigenvalue weighted by atomic mass is 10.3. The van der Waals surface area contributed by atoms with Gasteiger partial charge >= 0.3 is 0 Å². The number of ether oxygens (including phenoxy) is 1. The van der Waals surface area contributed by atoms with Crippen molar-refractivity contribution in [3.63, 3.8) is 0 Å². The molecule has 0 saturated carbocycles. The standard InChI is InChI=1S/C14H16IN3O2/c1-10-6-16-8-14(18-10)17-7-12(19)9-20-13-4-2-11(15)3-5-13/h2-6,8,12,19H,7,9H2,1H3,(H,17,18). The molecule has 0 bridgehead atoms. The number of aliphatic hydroxyl groups is 1. The summed E-state index contributed by atoms with van der Waals surface area (Å²) in [6, 6.07) is 7.69. The van der Waals surface area contributed by atoms with Gasteiger partial charge < -0.3 is 15.2 Å². The van der Waals surface area contributed by atoms with E-state index in [1.807, 2.05) is 31.2 Å². The third kappa shape index (κ3) is 4.93. The number of aliphatic hydroxyl groups excluding tert-OH is 1. The van der Waals surface area contributed by atoms with Crippen molar-refractivity contribution in [1.82, 2.24) is 9.97 Å². The number of benzene rings is 1. The number of halogens is 1. The molecule has 1 heterocycles. The summed E-state index contributed by atoms with van der Waals surface area (Å²) in [5.74, 6) is 1.40. The van der Waals surface area contributed by atoms with Gasteiger partial charge in [-0.3, -0.25) is 4.98 Å². The second-order valence-electron chi connectivity index (χ2n) is 4.35. The molecule has 1 unspecified atom stereocenters. The number of rotatable bonds is 6. The van der Waals surface area contributed by atoms with Crippen LogP contribution in [0, 0.1) is 10.5 Å². The van der Waals surface area contributed by atoms with Crippen molar-refractivity contribution in [2.45, 2.75) is 13.0 Å². The molecule has 0 aliphatic carbocycles. The Morgan fingerprint density at radius 3 is 2.75 bits per heavy atom. The number of aromatic nitrogens is 2. The van der Waals surface area contributed by atoms with E-state index in [0.717, 1.165) is 15.0 Å². The van der Waals surface area contributed by atoms with Crippen LogP contribution in [0.25, 0.3) is 0 Å². The lowest BCUT2D eigenvalue weighted by Gasteiger charge is -2.13. The Balaban J connectivity index is 1.75. The Hall–Kier alpha value is -1.41. The monoisotopic (exact) mass is 385 g/mol. The number of hydrogen-bond donors (Lipinski definition) is 2. The van der Waals surface area contributed by atoms with E-state index in [-0.39, 0.29) is 6.61 Å². The molecule has 5 nitrogen and oxygen atoms in total. The van der Waals surface area contributed by atoms with Gasteiger partial charge in [-0.05, 0) is 53.8 Å². The fourth-order valence-corrected chi connectivity index (χ4v) is 1.91. The third-order valence-corrected chi connectivity index (χ3v) is 3.25. The maximum atomic E-state index is 9.86. The van der Waals surface area contributed by atoms with Crippen molar-refractivity contribution in [2.75, 3.05) is 18.5 Å². The van der Waals surface area contributed by atoms with Crippen LogP contribution < -0.4 is 10.1 Å². The van der Waals surface area contributed by atoms with Crippen molar-refractivity contribution in [1.29, 1.82) is 0 Å². The van der Waals surface area contributed by atoms with E-state index in [9.17, 15) is 5.11 Å². The first-order valence-corrected chi connectivity index (χ1v) is 7.30. The third-order valence-electron chi connectivity index (χ3n) is 2.53. The minimum atomic E-state index is -0.614. The summed E-state index contributed by atoms with van der Waals surface area (Å²) in [6.07, 6.45) is 2.69. The highest BCUT2D eigenvalue weighted by atomic mass is 127.